The van der Waals surface area contributed by atoms with Crippen LogP contribution in [0.1, 0.15) is 44.3 Å². The fraction of sp³-hybridized carbons (Fsp3) is 0.276. The lowest BCUT2D eigenvalue weighted by Crippen LogP contribution is -2.39. The van der Waals surface area contributed by atoms with Crippen molar-refractivity contribution in [1.82, 2.24) is 9.88 Å². The van der Waals surface area contributed by atoms with Gasteiger partial charge < -0.3 is 24.3 Å². The number of benzene rings is 3. The van der Waals surface area contributed by atoms with Gasteiger partial charge in [-0.05, 0) is 77.6 Å². The summed E-state index contributed by atoms with van der Waals surface area (Å²) in [6, 6.07) is 17.5. The van der Waals surface area contributed by atoms with Gasteiger partial charge in [0.05, 0.1) is 19.8 Å². The van der Waals surface area contributed by atoms with Crippen molar-refractivity contribution < 1.29 is 24.1 Å². The molecule has 7 nitrogen and oxygen atoms in total. The lowest BCUT2D eigenvalue weighted by atomic mass is 9.85. The highest BCUT2D eigenvalue weighted by Gasteiger charge is 2.34. The van der Waals surface area contributed by atoms with E-state index in [9.17, 15) is 4.79 Å². The van der Waals surface area contributed by atoms with Gasteiger partial charge in [-0.25, -0.2) is 4.79 Å². The Hall–Kier alpha value is -3.97. The molecule has 2 aliphatic rings. The van der Waals surface area contributed by atoms with Gasteiger partial charge in [0.1, 0.15) is 12.4 Å². The SMILES string of the molecule is COc1ccc2[nH]c3c(c2c1)CC1c2cc(OCc4ccc(C(=O)O)cc4)c(OC)cc2CCN1C3. The first-order valence-electron chi connectivity index (χ1n) is 12.1. The predicted octanol–water partition coefficient (Wildman–Crippen LogP) is 5.12. The molecule has 0 aliphatic carbocycles. The largest absolute Gasteiger partial charge is 0.497 e. The summed E-state index contributed by atoms with van der Waals surface area (Å²) in [6.07, 6.45) is 1.88. The van der Waals surface area contributed by atoms with Crippen LogP contribution in [0.15, 0.2) is 54.6 Å². The van der Waals surface area contributed by atoms with Crippen LogP contribution < -0.4 is 14.2 Å². The summed E-state index contributed by atoms with van der Waals surface area (Å²) in [5.74, 6) is 1.35. The molecule has 0 radical (unpaired) electrons. The molecule has 2 aliphatic heterocycles. The maximum atomic E-state index is 11.1. The van der Waals surface area contributed by atoms with Gasteiger partial charge in [0.2, 0.25) is 0 Å². The third-order valence-corrected chi connectivity index (χ3v) is 7.45. The van der Waals surface area contributed by atoms with Gasteiger partial charge in [0.25, 0.3) is 0 Å². The third kappa shape index (κ3) is 3.85. The highest BCUT2D eigenvalue weighted by atomic mass is 16.5. The molecular formula is C29H28N2O5. The number of carboxylic acid groups (broad SMARTS) is 1. The standard InChI is InChI=1S/C29H28N2O5/c1-34-20-7-8-24-22(12-20)23-13-26-21-14-28(36-16-17-3-5-18(6-4-17)29(32)33)27(35-2)11-19(21)9-10-31(26)15-25(23)30-24/h3-8,11-12,14,26,30H,9-10,13,15-16H2,1-2H3,(H,32,33). The average Bonchev–Trinajstić information content (AvgIpc) is 3.26. The van der Waals surface area contributed by atoms with Gasteiger partial charge in [-0.3, -0.25) is 4.90 Å². The number of carboxylic acids is 1. The second kappa shape index (κ2) is 8.91. The minimum absolute atomic E-state index is 0.259. The van der Waals surface area contributed by atoms with Crippen molar-refractivity contribution in [2.75, 3.05) is 20.8 Å². The number of H-pyrrole nitrogens is 1. The molecule has 1 aromatic heterocycles. The molecular weight excluding hydrogens is 456 g/mol. The van der Waals surface area contributed by atoms with Crippen molar-refractivity contribution in [2.24, 2.45) is 0 Å². The molecule has 0 saturated carbocycles. The first kappa shape index (κ1) is 22.5. The monoisotopic (exact) mass is 484 g/mol. The number of ether oxygens (including phenoxy) is 3. The Labute approximate surface area is 209 Å². The van der Waals surface area contributed by atoms with Gasteiger partial charge in [-0.15, -0.1) is 0 Å². The number of nitrogens with one attached hydrogen (secondary N) is 1. The van der Waals surface area contributed by atoms with Crippen molar-refractivity contribution >= 4 is 16.9 Å². The van der Waals surface area contributed by atoms with Gasteiger partial charge in [-0.2, -0.15) is 0 Å². The van der Waals surface area contributed by atoms with E-state index in [1.165, 1.54) is 27.8 Å². The molecule has 1 atom stereocenters. The summed E-state index contributed by atoms with van der Waals surface area (Å²) >= 11 is 0. The molecule has 36 heavy (non-hydrogen) atoms. The number of carbonyl (C=O) groups is 1. The molecule has 1 unspecified atom stereocenters. The third-order valence-electron chi connectivity index (χ3n) is 7.45. The number of aromatic amines is 1. The fourth-order valence-corrected chi connectivity index (χ4v) is 5.54. The van der Waals surface area contributed by atoms with Crippen LogP contribution in [0.2, 0.25) is 0 Å². The summed E-state index contributed by atoms with van der Waals surface area (Å²) < 4.78 is 17.4. The number of aromatic nitrogens is 1. The summed E-state index contributed by atoms with van der Waals surface area (Å²) in [4.78, 5) is 17.3. The predicted molar refractivity (Wildman–Crippen MR) is 136 cm³/mol. The smallest absolute Gasteiger partial charge is 0.335 e. The van der Waals surface area contributed by atoms with Crippen LogP contribution in [-0.4, -0.2) is 41.7 Å². The molecule has 4 aromatic rings. The van der Waals surface area contributed by atoms with Crippen LogP contribution in [0.4, 0.5) is 0 Å². The van der Waals surface area contributed by atoms with Crippen LogP contribution in [-0.2, 0) is 26.0 Å². The Morgan fingerprint density at radius 1 is 1.06 bits per heavy atom. The number of nitrogens with zero attached hydrogens (tertiary/aromatic N) is 1. The Morgan fingerprint density at radius 3 is 2.64 bits per heavy atom. The van der Waals surface area contributed by atoms with Crippen molar-refractivity contribution in [3.63, 3.8) is 0 Å². The van der Waals surface area contributed by atoms with Gasteiger partial charge >= 0.3 is 5.97 Å². The van der Waals surface area contributed by atoms with Crippen molar-refractivity contribution in [3.05, 3.63) is 88.1 Å². The Morgan fingerprint density at radius 2 is 1.89 bits per heavy atom. The molecule has 184 valence electrons. The second-order valence-electron chi connectivity index (χ2n) is 9.43. The Kier molecular flexibility index (Phi) is 5.57. The van der Waals surface area contributed by atoms with Crippen molar-refractivity contribution in [1.29, 1.82) is 0 Å². The first-order chi connectivity index (χ1) is 17.5. The topological polar surface area (TPSA) is 84.0 Å². The van der Waals surface area contributed by atoms with E-state index < -0.39 is 5.97 Å². The van der Waals surface area contributed by atoms with Crippen LogP contribution in [0, 0.1) is 0 Å². The number of hydrogen-bond acceptors (Lipinski definition) is 5. The van der Waals surface area contributed by atoms with E-state index >= 15 is 0 Å². The number of methoxy groups -OCH3 is 2. The summed E-state index contributed by atoms with van der Waals surface area (Å²) in [7, 11) is 3.37. The zero-order valence-electron chi connectivity index (χ0n) is 20.3. The first-order valence-corrected chi connectivity index (χ1v) is 12.1. The maximum absolute atomic E-state index is 11.1. The van der Waals surface area contributed by atoms with E-state index in [4.69, 9.17) is 19.3 Å². The van der Waals surface area contributed by atoms with E-state index in [0.29, 0.717) is 12.4 Å². The molecule has 0 spiro atoms. The normalized spacial score (nSPS) is 16.7. The molecule has 0 fully saturated rings. The van der Waals surface area contributed by atoms with Crippen LogP contribution in [0.25, 0.3) is 10.9 Å². The quantitative estimate of drug-likeness (QED) is 0.395. The van der Waals surface area contributed by atoms with E-state index in [-0.39, 0.29) is 11.6 Å². The highest BCUT2D eigenvalue weighted by Crippen LogP contribution is 2.44. The van der Waals surface area contributed by atoms with Gasteiger partial charge in [-0.1, -0.05) is 12.1 Å². The average molecular weight is 485 g/mol. The zero-order chi connectivity index (χ0) is 24.8. The second-order valence-corrected chi connectivity index (χ2v) is 9.43. The van der Waals surface area contributed by atoms with Crippen LogP contribution in [0.5, 0.6) is 17.2 Å². The van der Waals surface area contributed by atoms with E-state index in [1.807, 2.05) is 6.07 Å². The summed E-state index contributed by atoms with van der Waals surface area (Å²) in [5.41, 5.74) is 7.53. The lowest BCUT2D eigenvalue weighted by molar-refractivity contribution is 0.0697. The highest BCUT2D eigenvalue weighted by molar-refractivity contribution is 5.87. The number of fused-ring (bicyclic) bond motifs is 6. The summed E-state index contributed by atoms with van der Waals surface area (Å²) in [5, 5.41) is 10.4. The van der Waals surface area contributed by atoms with Crippen LogP contribution >= 0.6 is 0 Å². The number of aromatic carboxylic acids is 1. The van der Waals surface area contributed by atoms with Crippen LogP contribution in [0.3, 0.4) is 0 Å². The molecule has 0 amide bonds. The lowest BCUT2D eigenvalue weighted by Gasteiger charge is -2.40. The number of hydrogen-bond donors (Lipinski definition) is 2. The minimum atomic E-state index is -0.937. The van der Waals surface area contributed by atoms with Gasteiger partial charge in [0, 0.05) is 35.7 Å². The van der Waals surface area contributed by atoms with Crippen molar-refractivity contribution in [2.45, 2.75) is 32.0 Å². The zero-order valence-corrected chi connectivity index (χ0v) is 20.3. The fourth-order valence-electron chi connectivity index (χ4n) is 5.54. The maximum Gasteiger partial charge on any atom is 0.335 e. The van der Waals surface area contributed by atoms with E-state index in [0.717, 1.165) is 48.5 Å². The molecule has 0 bridgehead atoms. The molecule has 3 heterocycles. The van der Waals surface area contributed by atoms with E-state index in [2.05, 4.69) is 34.1 Å². The molecule has 0 saturated heterocycles. The van der Waals surface area contributed by atoms with E-state index in [1.54, 1.807) is 38.5 Å². The molecule has 2 N–H and O–H groups in total. The Bertz CT molecular complexity index is 1460. The van der Waals surface area contributed by atoms with Gasteiger partial charge in [0.15, 0.2) is 11.5 Å². The van der Waals surface area contributed by atoms with Crippen molar-refractivity contribution in [3.8, 4) is 17.2 Å². The summed E-state index contributed by atoms with van der Waals surface area (Å²) in [6.45, 7) is 2.21. The molecule has 6 rings (SSSR count). The Balaban J connectivity index is 1.31. The minimum Gasteiger partial charge on any atom is -0.497 e. The molecule has 3 aromatic carbocycles. The number of rotatable bonds is 6. The molecule has 7 heteroatoms.